The molecule has 0 aliphatic carbocycles. The number of rotatable bonds is 3. The number of sulfonamides is 1. The van der Waals surface area contributed by atoms with Gasteiger partial charge in [-0.05, 0) is 31.4 Å². The molecule has 0 bridgehead atoms. The predicted octanol–water partition coefficient (Wildman–Crippen LogP) is 2.91. The van der Waals surface area contributed by atoms with Crippen molar-refractivity contribution >= 4 is 21.8 Å². The van der Waals surface area contributed by atoms with Crippen molar-refractivity contribution in [3.63, 3.8) is 0 Å². The normalized spacial score (nSPS) is 20.0. The summed E-state index contributed by atoms with van der Waals surface area (Å²) in [6, 6.07) is 8.37. The molecule has 0 N–H and O–H groups in total. The fourth-order valence-corrected chi connectivity index (χ4v) is 5.89. The maximum Gasteiger partial charge on any atom is 0.262 e. The van der Waals surface area contributed by atoms with Gasteiger partial charge in [0.2, 0.25) is 0 Å². The first-order valence-corrected chi connectivity index (χ1v) is 10.6. The van der Waals surface area contributed by atoms with Crippen molar-refractivity contribution in [3.8, 4) is 0 Å². The zero-order valence-corrected chi connectivity index (χ0v) is 15.9. The van der Waals surface area contributed by atoms with E-state index in [-0.39, 0.29) is 5.03 Å². The number of benzene rings is 1. The smallest absolute Gasteiger partial charge is 0.262 e. The van der Waals surface area contributed by atoms with E-state index in [0.29, 0.717) is 24.2 Å². The van der Waals surface area contributed by atoms with Gasteiger partial charge in [0.25, 0.3) is 10.0 Å². The van der Waals surface area contributed by atoms with Gasteiger partial charge in [-0.2, -0.15) is 16.1 Å². The highest BCUT2D eigenvalue weighted by Crippen LogP contribution is 2.36. The van der Waals surface area contributed by atoms with Gasteiger partial charge in [-0.1, -0.05) is 24.3 Å². The summed E-state index contributed by atoms with van der Waals surface area (Å²) in [5, 5.41) is 0.499. The number of hydrogen-bond donors (Lipinski definition) is 0. The van der Waals surface area contributed by atoms with E-state index in [1.807, 2.05) is 31.8 Å². The fourth-order valence-electron chi connectivity index (χ4n) is 2.97. The van der Waals surface area contributed by atoms with Crippen LogP contribution < -0.4 is 0 Å². The number of nitrogens with zero attached hydrogens (tertiary/aromatic N) is 3. The summed E-state index contributed by atoms with van der Waals surface area (Å²) >= 11 is 1.84. The summed E-state index contributed by atoms with van der Waals surface area (Å²) in [5.74, 6) is 1.50. The van der Waals surface area contributed by atoms with E-state index in [9.17, 15) is 8.42 Å². The molecule has 1 atom stereocenters. The van der Waals surface area contributed by atoms with Gasteiger partial charge < -0.3 is 4.57 Å². The average Bonchev–Trinajstić information content (AvgIpc) is 2.77. The molecule has 2 heterocycles. The van der Waals surface area contributed by atoms with Crippen LogP contribution in [-0.4, -0.2) is 41.1 Å². The van der Waals surface area contributed by atoms with Gasteiger partial charge in [0, 0.05) is 37.3 Å². The van der Waals surface area contributed by atoms with Crippen molar-refractivity contribution in [2.45, 2.75) is 30.5 Å². The lowest BCUT2D eigenvalue weighted by Crippen LogP contribution is -2.33. The number of imidazole rings is 1. The molecule has 24 heavy (non-hydrogen) atoms. The summed E-state index contributed by atoms with van der Waals surface area (Å²) in [6.45, 7) is 4.99. The third-order valence-corrected chi connectivity index (χ3v) is 7.61. The minimum absolute atomic E-state index is 0.154. The Labute approximate surface area is 148 Å². The molecule has 3 rings (SSSR count). The largest absolute Gasteiger partial charge is 0.337 e. The molecule has 130 valence electrons. The van der Waals surface area contributed by atoms with Crippen molar-refractivity contribution in [1.29, 1.82) is 0 Å². The van der Waals surface area contributed by atoms with Gasteiger partial charge in [-0.15, -0.1) is 0 Å². The third-order valence-electron chi connectivity index (χ3n) is 4.53. The Morgan fingerprint density at radius 2 is 1.96 bits per heavy atom. The summed E-state index contributed by atoms with van der Waals surface area (Å²) in [5.41, 5.74) is 2.59. The Hall–Kier alpha value is -1.31. The SMILES string of the molecule is Cc1ccccc1C1CCN(S(=O)(=O)c2cn(C)c(C)n2)CCS1. The van der Waals surface area contributed by atoms with Crippen LogP contribution in [0.15, 0.2) is 35.5 Å². The second-order valence-corrected chi connectivity index (χ2v) is 9.34. The molecule has 0 radical (unpaired) electrons. The van der Waals surface area contributed by atoms with Crippen LogP contribution in [0.3, 0.4) is 0 Å². The molecule has 1 aliphatic heterocycles. The first-order chi connectivity index (χ1) is 11.4. The van der Waals surface area contributed by atoms with Crippen molar-refractivity contribution in [3.05, 3.63) is 47.4 Å². The molecular weight excluding hydrogens is 342 g/mol. The molecule has 1 unspecified atom stereocenters. The van der Waals surface area contributed by atoms with Crippen LogP contribution in [0, 0.1) is 13.8 Å². The maximum atomic E-state index is 12.9. The van der Waals surface area contributed by atoms with Gasteiger partial charge in [0.05, 0.1) is 0 Å². The summed E-state index contributed by atoms with van der Waals surface area (Å²) in [4.78, 5) is 4.21. The van der Waals surface area contributed by atoms with Crippen LogP contribution >= 0.6 is 11.8 Å². The molecule has 0 amide bonds. The van der Waals surface area contributed by atoms with E-state index in [1.54, 1.807) is 15.1 Å². The Morgan fingerprint density at radius 3 is 2.62 bits per heavy atom. The molecule has 1 aromatic carbocycles. The topological polar surface area (TPSA) is 55.2 Å². The second-order valence-electron chi connectivity index (χ2n) is 6.15. The molecule has 0 spiro atoms. The van der Waals surface area contributed by atoms with Crippen molar-refractivity contribution in [1.82, 2.24) is 13.9 Å². The van der Waals surface area contributed by atoms with Crippen LogP contribution in [0.5, 0.6) is 0 Å². The molecule has 1 aromatic heterocycles. The van der Waals surface area contributed by atoms with E-state index in [0.717, 1.165) is 12.2 Å². The van der Waals surface area contributed by atoms with Gasteiger partial charge >= 0.3 is 0 Å². The lowest BCUT2D eigenvalue weighted by molar-refractivity contribution is 0.426. The van der Waals surface area contributed by atoms with Gasteiger partial charge in [-0.3, -0.25) is 0 Å². The first-order valence-electron chi connectivity index (χ1n) is 8.07. The quantitative estimate of drug-likeness (QED) is 0.839. The van der Waals surface area contributed by atoms with Crippen molar-refractivity contribution < 1.29 is 8.42 Å². The van der Waals surface area contributed by atoms with Gasteiger partial charge in [-0.25, -0.2) is 13.4 Å². The lowest BCUT2D eigenvalue weighted by Gasteiger charge is -2.19. The maximum absolute atomic E-state index is 12.9. The zero-order valence-electron chi connectivity index (χ0n) is 14.3. The molecule has 1 saturated heterocycles. The number of thioether (sulfide) groups is 1. The van der Waals surface area contributed by atoms with E-state index < -0.39 is 10.0 Å². The molecule has 2 aromatic rings. The third kappa shape index (κ3) is 3.38. The van der Waals surface area contributed by atoms with Gasteiger partial charge in [0.15, 0.2) is 5.03 Å². The Bertz CT molecular complexity index is 811. The van der Waals surface area contributed by atoms with E-state index >= 15 is 0 Å². The van der Waals surface area contributed by atoms with Crippen LogP contribution in [0.4, 0.5) is 0 Å². The number of aromatic nitrogens is 2. The average molecular weight is 366 g/mol. The van der Waals surface area contributed by atoms with E-state index in [2.05, 4.69) is 30.1 Å². The minimum atomic E-state index is -3.51. The van der Waals surface area contributed by atoms with Crippen LogP contribution in [-0.2, 0) is 17.1 Å². The monoisotopic (exact) mass is 365 g/mol. The van der Waals surface area contributed by atoms with Crippen LogP contribution in [0.1, 0.15) is 28.6 Å². The lowest BCUT2D eigenvalue weighted by atomic mass is 10.0. The fraction of sp³-hybridized carbons (Fsp3) is 0.471. The number of aryl methyl sites for hydroxylation is 3. The standard InChI is InChI=1S/C17H23N3O2S2/c1-13-6-4-5-7-15(13)16-8-9-20(10-11-23-16)24(21,22)17-12-19(3)14(2)18-17/h4-7,12,16H,8-11H2,1-3H3. The van der Waals surface area contributed by atoms with Crippen molar-refractivity contribution in [2.75, 3.05) is 18.8 Å². The molecule has 1 aliphatic rings. The minimum Gasteiger partial charge on any atom is -0.337 e. The van der Waals surface area contributed by atoms with E-state index in [4.69, 9.17) is 0 Å². The Morgan fingerprint density at radius 1 is 1.21 bits per heavy atom. The summed E-state index contributed by atoms with van der Waals surface area (Å²) in [6.07, 6.45) is 2.42. The highest BCUT2D eigenvalue weighted by atomic mass is 32.2. The molecule has 5 nitrogen and oxygen atoms in total. The number of hydrogen-bond acceptors (Lipinski definition) is 4. The highest BCUT2D eigenvalue weighted by Gasteiger charge is 2.30. The van der Waals surface area contributed by atoms with Crippen molar-refractivity contribution in [2.24, 2.45) is 7.05 Å². The second kappa shape index (κ2) is 6.90. The summed E-state index contributed by atoms with van der Waals surface area (Å²) in [7, 11) is -1.70. The van der Waals surface area contributed by atoms with E-state index in [1.165, 1.54) is 11.1 Å². The van der Waals surface area contributed by atoms with Gasteiger partial charge in [0.1, 0.15) is 5.82 Å². The van der Waals surface area contributed by atoms with Crippen LogP contribution in [0.25, 0.3) is 0 Å². The molecular formula is C17H23N3O2S2. The Balaban J connectivity index is 1.79. The summed E-state index contributed by atoms with van der Waals surface area (Å²) < 4.78 is 29.0. The molecule has 1 fully saturated rings. The van der Waals surface area contributed by atoms with Crippen LogP contribution in [0.2, 0.25) is 0 Å². The zero-order chi connectivity index (χ0) is 17.3. The predicted molar refractivity (Wildman–Crippen MR) is 97.7 cm³/mol. The first kappa shape index (κ1) is 17.5. The highest BCUT2D eigenvalue weighted by molar-refractivity contribution is 7.99. The Kier molecular flexibility index (Phi) is 5.03. The molecule has 0 saturated carbocycles. The molecule has 7 heteroatoms.